The van der Waals surface area contributed by atoms with E-state index in [-0.39, 0.29) is 6.61 Å². The highest BCUT2D eigenvalue weighted by molar-refractivity contribution is 6.58. The van der Waals surface area contributed by atoms with E-state index in [1.165, 1.54) is 6.92 Å². The molecule has 2 aliphatic rings. The molecule has 2 aliphatic heterocycles. The SMILES string of the molecule is CC(=O)OCC1=C2C(C)=CC(C)=[N+]2[B-](F)(F)n2c(C)cc(C)c21. The van der Waals surface area contributed by atoms with Crippen molar-refractivity contribution in [1.82, 2.24) is 4.48 Å². The van der Waals surface area contributed by atoms with Gasteiger partial charge in [0.1, 0.15) is 12.3 Å². The maximum absolute atomic E-state index is 15.2. The Hall–Kier alpha value is -2.18. The van der Waals surface area contributed by atoms with Crippen LogP contribution >= 0.6 is 0 Å². The minimum Gasteiger partial charge on any atom is -0.461 e. The maximum atomic E-state index is 15.2. The van der Waals surface area contributed by atoms with Crippen LogP contribution in [-0.2, 0) is 9.53 Å². The van der Waals surface area contributed by atoms with Crippen LogP contribution in [-0.4, -0.2) is 34.2 Å². The molecule has 1 aromatic rings. The molecule has 0 saturated heterocycles. The van der Waals surface area contributed by atoms with E-state index in [4.69, 9.17) is 4.74 Å². The first-order valence-corrected chi connectivity index (χ1v) is 7.55. The van der Waals surface area contributed by atoms with Crippen molar-refractivity contribution in [2.45, 2.75) is 34.6 Å². The van der Waals surface area contributed by atoms with E-state index in [0.29, 0.717) is 28.4 Å². The van der Waals surface area contributed by atoms with Gasteiger partial charge in [0.05, 0.1) is 5.57 Å². The van der Waals surface area contributed by atoms with Crippen LogP contribution in [0.3, 0.4) is 0 Å². The van der Waals surface area contributed by atoms with Gasteiger partial charge in [-0.3, -0.25) is 4.79 Å². The summed E-state index contributed by atoms with van der Waals surface area (Å²) in [6.07, 6.45) is 1.75. The number of carbonyl (C=O) groups excluding carboxylic acids is 1. The number of aryl methyl sites for hydroxylation is 2. The molecule has 0 saturated carbocycles. The van der Waals surface area contributed by atoms with E-state index in [1.54, 1.807) is 39.8 Å². The van der Waals surface area contributed by atoms with Gasteiger partial charge in [0.2, 0.25) is 0 Å². The number of ether oxygens (including phenoxy) is 1. The Kier molecular flexibility index (Phi) is 3.35. The normalized spacial score (nSPS) is 18.8. The zero-order valence-corrected chi connectivity index (χ0v) is 13.9. The van der Waals surface area contributed by atoms with Crippen LogP contribution < -0.4 is 0 Å². The number of fused-ring (bicyclic) bond motifs is 2. The fourth-order valence-corrected chi connectivity index (χ4v) is 3.74. The van der Waals surface area contributed by atoms with Gasteiger partial charge in [0.15, 0.2) is 5.70 Å². The van der Waals surface area contributed by atoms with Crippen molar-refractivity contribution in [2.75, 3.05) is 6.61 Å². The van der Waals surface area contributed by atoms with Crippen molar-refractivity contribution < 1.29 is 22.6 Å². The topological polar surface area (TPSA) is 34.2 Å². The maximum Gasteiger partial charge on any atom is 0.737 e. The first kappa shape index (κ1) is 15.7. The minimum absolute atomic E-state index is 0.0178. The molecule has 3 rings (SSSR count). The van der Waals surface area contributed by atoms with Crippen molar-refractivity contribution in [1.29, 1.82) is 0 Å². The van der Waals surface area contributed by atoms with Gasteiger partial charge in [-0.25, -0.2) is 0 Å². The van der Waals surface area contributed by atoms with E-state index in [0.717, 1.165) is 20.1 Å². The molecule has 3 heterocycles. The van der Waals surface area contributed by atoms with E-state index in [1.807, 2.05) is 0 Å². The van der Waals surface area contributed by atoms with E-state index in [9.17, 15) is 4.79 Å². The van der Waals surface area contributed by atoms with Gasteiger partial charge in [0, 0.05) is 31.2 Å². The summed E-state index contributed by atoms with van der Waals surface area (Å²) in [4.78, 5) is 11.2. The summed E-state index contributed by atoms with van der Waals surface area (Å²) < 4.78 is 37.7. The fraction of sp³-hybridized carbons (Fsp3) is 0.375. The van der Waals surface area contributed by atoms with Crippen molar-refractivity contribution in [3.63, 3.8) is 0 Å². The molecular formula is C16H19BF2N2O2. The molecule has 7 heteroatoms. The lowest BCUT2D eigenvalue weighted by Crippen LogP contribution is -2.51. The van der Waals surface area contributed by atoms with Crippen LogP contribution in [0.5, 0.6) is 0 Å². The molecule has 0 aliphatic carbocycles. The summed E-state index contributed by atoms with van der Waals surface area (Å²) >= 11 is 0. The average molecular weight is 320 g/mol. The lowest BCUT2D eigenvalue weighted by atomic mass is 9.86. The number of carbonyl (C=O) groups is 1. The third-order valence-electron chi connectivity index (χ3n) is 4.45. The summed E-state index contributed by atoms with van der Waals surface area (Å²) in [5, 5.41) is 0. The first-order valence-electron chi connectivity index (χ1n) is 7.55. The minimum atomic E-state index is -3.96. The fourth-order valence-electron chi connectivity index (χ4n) is 3.74. The molecule has 23 heavy (non-hydrogen) atoms. The monoisotopic (exact) mass is 320 g/mol. The number of rotatable bonds is 2. The molecule has 0 bridgehead atoms. The van der Waals surface area contributed by atoms with Gasteiger partial charge in [-0.05, 0) is 38.1 Å². The summed E-state index contributed by atoms with van der Waals surface area (Å²) in [5.74, 6) is -0.430. The number of hydrogen-bond donors (Lipinski definition) is 0. The molecule has 0 aromatic carbocycles. The molecular weight excluding hydrogens is 301 g/mol. The van der Waals surface area contributed by atoms with E-state index < -0.39 is 12.9 Å². The number of hydrogen-bond acceptors (Lipinski definition) is 2. The quantitative estimate of drug-likeness (QED) is 0.620. The number of nitrogens with zero attached hydrogens (tertiary/aromatic N) is 2. The average Bonchev–Trinajstić information content (AvgIpc) is 2.88. The number of halogens is 2. The molecule has 122 valence electrons. The summed E-state index contributed by atoms with van der Waals surface area (Å²) in [6, 6.07) is 1.75. The van der Waals surface area contributed by atoms with Crippen molar-refractivity contribution in [3.8, 4) is 0 Å². The predicted molar refractivity (Wildman–Crippen MR) is 85.5 cm³/mol. The van der Waals surface area contributed by atoms with E-state index >= 15 is 8.63 Å². The zero-order valence-electron chi connectivity index (χ0n) is 13.9. The molecule has 1 aromatic heterocycles. The largest absolute Gasteiger partial charge is 0.737 e. The Balaban J connectivity index is 2.34. The molecule has 0 radical (unpaired) electrons. The van der Waals surface area contributed by atoms with E-state index in [2.05, 4.69) is 0 Å². The van der Waals surface area contributed by atoms with Crippen LogP contribution in [0.4, 0.5) is 8.63 Å². The number of allylic oxidation sites excluding steroid dienone is 2. The number of esters is 1. The van der Waals surface area contributed by atoms with Crippen LogP contribution in [0, 0.1) is 13.8 Å². The Morgan fingerprint density at radius 2 is 1.96 bits per heavy atom. The Labute approximate surface area is 133 Å². The Morgan fingerprint density at radius 1 is 1.30 bits per heavy atom. The summed E-state index contributed by atoms with van der Waals surface area (Å²) in [6.45, 7) is 4.29. The molecule has 0 atom stereocenters. The summed E-state index contributed by atoms with van der Waals surface area (Å²) in [7, 11) is 0. The Morgan fingerprint density at radius 3 is 2.57 bits per heavy atom. The van der Waals surface area contributed by atoms with Crippen molar-refractivity contribution in [2.24, 2.45) is 0 Å². The smallest absolute Gasteiger partial charge is 0.461 e. The predicted octanol–water partition coefficient (Wildman–Crippen LogP) is 3.05. The van der Waals surface area contributed by atoms with Gasteiger partial charge < -0.3 is 22.3 Å². The van der Waals surface area contributed by atoms with Crippen LogP contribution in [0.1, 0.15) is 37.7 Å². The third kappa shape index (κ3) is 2.10. The first-order chi connectivity index (χ1) is 10.7. The summed E-state index contributed by atoms with van der Waals surface area (Å²) in [5.41, 5.74) is 4.07. The van der Waals surface area contributed by atoms with Crippen molar-refractivity contribution >= 4 is 24.2 Å². The van der Waals surface area contributed by atoms with Gasteiger partial charge >= 0.3 is 12.9 Å². The molecule has 0 unspecified atom stereocenters. The molecule has 0 fully saturated rings. The van der Waals surface area contributed by atoms with Gasteiger partial charge in [-0.2, -0.15) is 0 Å². The third-order valence-corrected chi connectivity index (χ3v) is 4.45. The number of aromatic nitrogens is 1. The second-order valence-electron chi connectivity index (χ2n) is 6.22. The van der Waals surface area contributed by atoms with Gasteiger partial charge in [-0.1, -0.05) is 0 Å². The standard InChI is InChI=1S/C16H19BF2N2O2/c1-9-6-11(3)20-15(9)14(8-23-13(5)22)16-10(2)7-12(4)21(16)17(20,18)19/h6-7H,8H2,1-5H3. The molecule has 0 amide bonds. The lowest BCUT2D eigenvalue weighted by molar-refractivity contribution is -0.363. The van der Waals surface area contributed by atoms with Crippen LogP contribution in [0.25, 0.3) is 5.57 Å². The van der Waals surface area contributed by atoms with Crippen LogP contribution in [0.2, 0.25) is 0 Å². The van der Waals surface area contributed by atoms with Crippen molar-refractivity contribution in [3.05, 3.63) is 40.4 Å². The molecule has 4 nitrogen and oxygen atoms in total. The lowest BCUT2D eigenvalue weighted by Gasteiger charge is -2.33. The second-order valence-corrected chi connectivity index (χ2v) is 6.22. The molecule has 0 N–H and O–H groups in total. The van der Waals surface area contributed by atoms with Crippen LogP contribution in [0.15, 0.2) is 23.4 Å². The molecule has 0 spiro atoms. The second kappa shape index (κ2) is 4.91. The van der Waals surface area contributed by atoms with Gasteiger partial charge in [0.25, 0.3) is 0 Å². The highest BCUT2D eigenvalue weighted by Gasteiger charge is 2.55. The van der Waals surface area contributed by atoms with Gasteiger partial charge in [-0.15, -0.1) is 0 Å². The Bertz CT molecular complexity index is 831. The zero-order chi connectivity index (χ0) is 17.1. The highest BCUT2D eigenvalue weighted by atomic mass is 19.2. The highest BCUT2D eigenvalue weighted by Crippen LogP contribution is 2.41.